The summed E-state index contributed by atoms with van der Waals surface area (Å²) in [6.07, 6.45) is 1.90. The summed E-state index contributed by atoms with van der Waals surface area (Å²) in [6.45, 7) is 1.06. The molecule has 0 radical (unpaired) electrons. The van der Waals surface area contributed by atoms with Gasteiger partial charge < -0.3 is 16.2 Å². The fourth-order valence-corrected chi connectivity index (χ4v) is 2.92. The Balaban J connectivity index is 1.94. The molecule has 0 aliphatic heterocycles. The SMILES string of the molecule is NCCNc1nc2ccccc2n2cc(-c3cccc(C(=O)O)c3)nc12. The molecule has 0 spiro atoms. The molecule has 4 rings (SSSR count). The summed E-state index contributed by atoms with van der Waals surface area (Å²) in [7, 11) is 0. The van der Waals surface area contributed by atoms with Crippen LogP contribution in [-0.2, 0) is 0 Å². The number of nitrogens with one attached hydrogen (secondary N) is 1. The number of para-hydroxylation sites is 2. The van der Waals surface area contributed by atoms with E-state index in [0.29, 0.717) is 30.2 Å². The molecule has 2 aromatic heterocycles. The standard InChI is InChI=1S/C19H17N5O2/c20-8-9-21-17-18-23-15(12-4-3-5-13(10-12)19(25)26)11-24(18)16-7-2-1-6-14(16)22-17/h1-7,10-11H,8-9,20H2,(H,21,22)(H,25,26). The zero-order chi connectivity index (χ0) is 18.1. The summed E-state index contributed by atoms with van der Waals surface area (Å²) in [6, 6.07) is 14.5. The number of nitrogens with two attached hydrogens (primary N) is 1. The van der Waals surface area contributed by atoms with Crippen LogP contribution >= 0.6 is 0 Å². The lowest BCUT2D eigenvalue weighted by Gasteiger charge is -2.08. The molecule has 0 atom stereocenters. The van der Waals surface area contributed by atoms with E-state index in [4.69, 9.17) is 10.7 Å². The van der Waals surface area contributed by atoms with Crippen LogP contribution in [0, 0.1) is 0 Å². The second-order valence-corrected chi connectivity index (χ2v) is 5.87. The van der Waals surface area contributed by atoms with Crippen LogP contribution in [0.5, 0.6) is 0 Å². The van der Waals surface area contributed by atoms with Crippen LogP contribution in [0.1, 0.15) is 10.4 Å². The van der Waals surface area contributed by atoms with Crippen molar-refractivity contribution in [3.8, 4) is 11.3 Å². The van der Waals surface area contributed by atoms with Crippen molar-refractivity contribution in [2.45, 2.75) is 0 Å². The lowest BCUT2D eigenvalue weighted by atomic mass is 10.1. The summed E-state index contributed by atoms with van der Waals surface area (Å²) in [5, 5.41) is 12.4. The molecule has 0 amide bonds. The van der Waals surface area contributed by atoms with Gasteiger partial charge in [-0.05, 0) is 24.3 Å². The molecule has 0 unspecified atom stereocenters. The van der Waals surface area contributed by atoms with E-state index in [1.54, 1.807) is 18.2 Å². The first-order valence-electron chi connectivity index (χ1n) is 8.23. The normalized spacial score (nSPS) is 11.1. The van der Waals surface area contributed by atoms with Crippen LogP contribution in [0.15, 0.2) is 54.7 Å². The molecule has 0 aliphatic rings. The molecule has 0 saturated heterocycles. The Kier molecular flexibility index (Phi) is 3.98. The highest BCUT2D eigenvalue weighted by Crippen LogP contribution is 2.26. The van der Waals surface area contributed by atoms with Crippen LogP contribution in [-0.4, -0.2) is 38.5 Å². The highest BCUT2D eigenvalue weighted by molar-refractivity contribution is 5.90. The maximum Gasteiger partial charge on any atom is 0.335 e. The highest BCUT2D eigenvalue weighted by atomic mass is 16.4. The van der Waals surface area contributed by atoms with Gasteiger partial charge in [-0.1, -0.05) is 24.3 Å². The third-order valence-electron chi connectivity index (χ3n) is 4.13. The molecule has 0 fully saturated rings. The van der Waals surface area contributed by atoms with Crippen molar-refractivity contribution >= 4 is 28.5 Å². The van der Waals surface area contributed by atoms with Crippen LogP contribution in [0.4, 0.5) is 5.82 Å². The van der Waals surface area contributed by atoms with Crippen LogP contribution < -0.4 is 11.1 Å². The highest BCUT2D eigenvalue weighted by Gasteiger charge is 2.14. The average molecular weight is 347 g/mol. The van der Waals surface area contributed by atoms with E-state index in [-0.39, 0.29) is 5.56 Å². The van der Waals surface area contributed by atoms with Crippen molar-refractivity contribution in [1.29, 1.82) is 0 Å². The molecule has 7 heteroatoms. The Hall–Kier alpha value is -3.45. The minimum atomic E-state index is -0.965. The first-order valence-corrected chi connectivity index (χ1v) is 8.23. The molecular weight excluding hydrogens is 330 g/mol. The molecule has 2 heterocycles. The fourth-order valence-electron chi connectivity index (χ4n) is 2.92. The number of carbonyl (C=O) groups is 1. The number of nitrogens with zero attached hydrogens (tertiary/aromatic N) is 3. The topological polar surface area (TPSA) is 106 Å². The monoisotopic (exact) mass is 347 g/mol. The van der Waals surface area contributed by atoms with E-state index in [0.717, 1.165) is 16.6 Å². The molecular formula is C19H17N5O2. The smallest absolute Gasteiger partial charge is 0.335 e. The Morgan fingerprint density at radius 2 is 2.00 bits per heavy atom. The number of anilines is 1. The van der Waals surface area contributed by atoms with Crippen LogP contribution in [0.2, 0.25) is 0 Å². The number of hydrogen-bond acceptors (Lipinski definition) is 5. The molecule has 0 saturated carbocycles. The summed E-state index contributed by atoms with van der Waals surface area (Å²) in [5.41, 5.74) is 9.68. The number of aromatic carboxylic acids is 1. The first kappa shape index (κ1) is 16.0. The molecule has 130 valence electrons. The predicted molar refractivity (Wildman–Crippen MR) is 100 cm³/mol. The average Bonchev–Trinajstić information content (AvgIpc) is 3.12. The summed E-state index contributed by atoms with van der Waals surface area (Å²) in [5.74, 6) is -0.317. The number of benzene rings is 2. The minimum Gasteiger partial charge on any atom is -0.478 e. The maximum atomic E-state index is 11.2. The van der Waals surface area contributed by atoms with Crippen LogP contribution in [0.3, 0.4) is 0 Å². The number of hydrogen-bond donors (Lipinski definition) is 3. The Morgan fingerprint density at radius 1 is 1.15 bits per heavy atom. The van der Waals surface area contributed by atoms with E-state index in [9.17, 15) is 9.90 Å². The molecule has 2 aromatic carbocycles. The number of rotatable bonds is 5. The Labute approximate surface area is 149 Å². The van der Waals surface area contributed by atoms with Gasteiger partial charge >= 0.3 is 5.97 Å². The van der Waals surface area contributed by atoms with Crippen molar-refractivity contribution in [3.63, 3.8) is 0 Å². The van der Waals surface area contributed by atoms with Crippen molar-refractivity contribution < 1.29 is 9.90 Å². The first-order chi connectivity index (χ1) is 12.7. The van der Waals surface area contributed by atoms with Gasteiger partial charge in [0.2, 0.25) is 0 Å². The third kappa shape index (κ3) is 2.74. The summed E-state index contributed by atoms with van der Waals surface area (Å²) >= 11 is 0. The van der Waals surface area contributed by atoms with Crippen molar-refractivity contribution in [3.05, 3.63) is 60.3 Å². The number of carboxylic acids is 1. The molecule has 0 aliphatic carbocycles. The third-order valence-corrected chi connectivity index (χ3v) is 4.13. The second-order valence-electron chi connectivity index (χ2n) is 5.87. The van der Waals surface area contributed by atoms with Gasteiger partial charge in [-0.25, -0.2) is 14.8 Å². The lowest BCUT2D eigenvalue weighted by Crippen LogP contribution is -2.14. The van der Waals surface area contributed by atoms with E-state index < -0.39 is 5.97 Å². The van der Waals surface area contributed by atoms with Gasteiger partial charge in [-0.3, -0.25) is 4.40 Å². The van der Waals surface area contributed by atoms with Gasteiger partial charge in [0, 0.05) is 24.8 Å². The van der Waals surface area contributed by atoms with Gasteiger partial charge in [0.1, 0.15) is 0 Å². The molecule has 7 nitrogen and oxygen atoms in total. The minimum absolute atomic E-state index is 0.226. The van der Waals surface area contributed by atoms with Crippen molar-refractivity contribution in [2.75, 3.05) is 18.4 Å². The number of imidazole rings is 1. The van der Waals surface area contributed by atoms with E-state index in [2.05, 4.69) is 10.3 Å². The number of carboxylic acid groups (broad SMARTS) is 1. The predicted octanol–water partition coefficient (Wildman–Crippen LogP) is 2.62. The molecule has 4 N–H and O–H groups in total. The molecule has 26 heavy (non-hydrogen) atoms. The number of aromatic nitrogens is 3. The molecule has 4 aromatic rings. The van der Waals surface area contributed by atoms with E-state index >= 15 is 0 Å². The fraction of sp³-hybridized carbons (Fsp3) is 0.105. The largest absolute Gasteiger partial charge is 0.478 e. The van der Waals surface area contributed by atoms with E-state index in [1.165, 1.54) is 0 Å². The van der Waals surface area contributed by atoms with Gasteiger partial charge in [-0.2, -0.15) is 0 Å². The summed E-state index contributed by atoms with van der Waals surface area (Å²) in [4.78, 5) is 20.6. The Bertz CT molecular complexity index is 1120. The zero-order valence-corrected chi connectivity index (χ0v) is 13.9. The van der Waals surface area contributed by atoms with E-state index in [1.807, 2.05) is 40.9 Å². The van der Waals surface area contributed by atoms with Crippen molar-refractivity contribution in [2.24, 2.45) is 5.73 Å². The van der Waals surface area contributed by atoms with Gasteiger partial charge in [0.25, 0.3) is 0 Å². The second kappa shape index (κ2) is 6.45. The van der Waals surface area contributed by atoms with Gasteiger partial charge in [0.15, 0.2) is 11.5 Å². The lowest BCUT2D eigenvalue weighted by molar-refractivity contribution is 0.0697. The zero-order valence-electron chi connectivity index (χ0n) is 13.9. The van der Waals surface area contributed by atoms with Gasteiger partial charge in [-0.15, -0.1) is 0 Å². The van der Waals surface area contributed by atoms with Crippen molar-refractivity contribution in [1.82, 2.24) is 14.4 Å². The number of fused-ring (bicyclic) bond motifs is 3. The maximum absolute atomic E-state index is 11.2. The summed E-state index contributed by atoms with van der Waals surface area (Å²) < 4.78 is 1.96. The van der Waals surface area contributed by atoms with Crippen LogP contribution in [0.25, 0.3) is 27.9 Å². The van der Waals surface area contributed by atoms with Gasteiger partial charge in [0.05, 0.1) is 22.3 Å². The molecule has 0 bridgehead atoms. The Morgan fingerprint density at radius 3 is 2.81 bits per heavy atom. The quantitative estimate of drug-likeness (QED) is 0.512.